The summed E-state index contributed by atoms with van der Waals surface area (Å²) in [6.07, 6.45) is -0.533. The third kappa shape index (κ3) is 6.75. The maximum absolute atomic E-state index is 12.2. The van der Waals surface area contributed by atoms with Gasteiger partial charge in [0.05, 0.1) is 0 Å². The smallest absolute Gasteiger partial charge is 0.344 e. The zero-order chi connectivity index (χ0) is 21.4. The maximum Gasteiger partial charge on any atom is 0.344 e. The van der Waals surface area contributed by atoms with Gasteiger partial charge in [-0.15, -0.1) is 0 Å². The van der Waals surface area contributed by atoms with Crippen molar-refractivity contribution in [1.29, 1.82) is 0 Å². The SMILES string of the molecule is CCC(=O)c1ccc(OCC(=O)O[C@@H](C)C(=O)Nc2ccc(C(C)C)cc2)cc1. The standard InChI is InChI=1S/C23H27NO5/c1-5-21(25)18-8-12-20(13-9-18)28-14-22(26)29-16(4)23(27)24-19-10-6-17(7-11-19)15(2)3/h6-13,15-16H,5,14H2,1-4H3,(H,24,27)/t16-/m0/s1. The first-order valence-corrected chi connectivity index (χ1v) is 9.66. The highest BCUT2D eigenvalue weighted by Crippen LogP contribution is 2.17. The lowest BCUT2D eigenvalue weighted by Crippen LogP contribution is -2.31. The van der Waals surface area contributed by atoms with Crippen LogP contribution in [0.15, 0.2) is 48.5 Å². The number of ketones is 1. The van der Waals surface area contributed by atoms with E-state index >= 15 is 0 Å². The van der Waals surface area contributed by atoms with Gasteiger partial charge >= 0.3 is 5.97 Å². The third-order valence-electron chi connectivity index (χ3n) is 4.38. The van der Waals surface area contributed by atoms with Gasteiger partial charge in [0.25, 0.3) is 5.91 Å². The van der Waals surface area contributed by atoms with E-state index in [0.29, 0.717) is 29.3 Å². The van der Waals surface area contributed by atoms with E-state index in [2.05, 4.69) is 19.2 Å². The normalized spacial score (nSPS) is 11.6. The molecule has 0 heterocycles. The Morgan fingerprint density at radius 1 is 0.931 bits per heavy atom. The monoisotopic (exact) mass is 397 g/mol. The Morgan fingerprint density at radius 3 is 2.10 bits per heavy atom. The van der Waals surface area contributed by atoms with Crippen LogP contribution in [-0.4, -0.2) is 30.4 Å². The molecule has 29 heavy (non-hydrogen) atoms. The van der Waals surface area contributed by atoms with Crippen molar-refractivity contribution in [3.8, 4) is 5.75 Å². The summed E-state index contributed by atoms with van der Waals surface area (Å²) in [4.78, 5) is 35.8. The number of benzene rings is 2. The van der Waals surface area contributed by atoms with Crippen LogP contribution in [0.3, 0.4) is 0 Å². The highest BCUT2D eigenvalue weighted by molar-refractivity contribution is 5.96. The summed E-state index contributed by atoms with van der Waals surface area (Å²) in [5.41, 5.74) is 2.40. The molecular weight excluding hydrogens is 370 g/mol. The van der Waals surface area contributed by atoms with Crippen molar-refractivity contribution >= 4 is 23.3 Å². The van der Waals surface area contributed by atoms with Gasteiger partial charge in [0, 0.05) is 17.7 Å². The van der Waals surface area contributed by atoms with Crippen molar-refractivity contribution in [2.75, 3.05) is 11.9 Å². The first-order valence-electron chi connectivity index (χ1n) is 9.66. The topological polar surface area (TPSA) is 81.7 Å². The summed E-state index contributed by atoms with van der Waals surface area (Å²) in [5.74, 6) is -0.191. The lowest BCUT2D eigenvalue weighted by Gasteiger charge is -2.14. The number of carbonyl (C=O) groups is 3. The van der Waals surface area contributed by atoms with Crippen LogP contribution in [0, 0.1) is 0 Å². The van der Waals surface area contributed by atoms with Gasteiger partial charge in [-0.05, 0) is 54.8 Å². The summed E-state index contributed by atoms with van der Waals surface area (Å²) in [5, 5.41) is 2.72. The van der Waals surface area contributed by atoms with E-state index in [1.807, 2.05) is 24.3 Å². The Labute approximate surface area is 171 Å². The number of hydrogen-bond donors (Lipinski definition) is 1. The molecule has 0 aliphatic carbocycles. The molecule has 154 valence electrons. The van der Waals surface area contributed by atoms with Crippen LogP contribution >= 0.6 is 0 Å². The van der Waals surface area contributed by atoms with E-state index in [4.69, 9.17) is 9.47 Å². The fourth-order valence-electron chi connectivity index (χ4n) is 2.56. The van der Waals surface area contributed by atoms with Gasteiger partial charge in [-0.3, -0.25) is 9.59 Å². The van der Waals surface area contributed by atoms with Gasteiger partial charge in [-0.2, -0.15) is 0 Å². The van der Waals surface area contributed by atoms with Crippen LogP contribution in [0.1, 0.15) is 56.0 Å². The molecule has 0 aliphatic rings. The van der Waals surface area contributed by atoms with Gasteiger partial charge < -0.3 is 14.8 Å². The molecule has 0 aliphatic heterocycles. The quantitative estimate of drug-likeness (QED) is 0.502. The average molecular weight is 397 g/mol. The molecule has 2 rings (SSSR count). The van der Waals surface area contributed by atoms with E-state index in [0.717, 1.165) is 0 Å². The summed E-state index contributed by atoms with van der Waals surface area (Å²) in [7, 11) is 0. The zero-order valence-corrected chi connectivity index (χ0v) is 17.2. The molecule has 2 aromatic rings. The first kappa shape index (κ1) is 22.1. The number of amides is 1. The summed E-state index contributed by atoms with van der Waals surface area (Å²) >= 11 is 0. The van der Waals surface area contributed by atoms with E-state index in [1.54, 1.807) is 31.2 Å². The third-order valence-corrected chi connectivity index (χ3v) is 4.38. The molecule has 0 unspecified atom stereocenters. The largest absolute Gasteiger partial charge is 0.482 e. The first-order chi connectivity index (χ1) is 13.8. The minimum Gasteiger partial charge on any atom is -0.482 e. The van der Waals surface area contributed by atoms with Crippen molar-refractivity contribution in [3.05, 3.63) is 59.7 Å². The number of Topliss-reactive ketones (excluding diaryl/α,β-unsaturated/α-hetero) is 1. The Kier molecular flexibility index (Phi) is 7.95. The average Bonchev–Trinajstić information content (AvgIpc) is 2.72. The molecule has 0 spiro atoms. The lowest BCUT2D eigenvalue weighted by atomic mass is 10.0. The van der Waals surface area contributed by atoms with Crippen molar-refractivity contribution in [1.82, 2.24) is 0 Å². The molecule has 0 radical (unpaired) electrons. The van der Waals surface area contributed by atoms with Crippen molar-refractivity contribution in [2.45, 2.75) is 46.1 Å². The zero-order valence-electron chi connectivity index (χ0n) is 17.2. The Morgan fingerprint density at radius 2 is 1.55 bits per heavy atom. The number of rotatable bonds is 9. The van der Waals surface area contributed by atoms with Crippen molar-refractivity contribution in [2.24, 2.45) is 0 Å². The minimum atomic E-state index is -0.958. The predicted molar refractivity (Wildman–Crippen MR) is 111 cm³/mol. The Hall–Kier alpha value is -3.15. The van der Waals surface area contributed by atoms with Crippen LogP contribution in [0.25, 0.3) is 0 Å². The highest BCUT2D eigenvalue weighted by atomic mass is 16.6. The van der Waals surface area contributed by atoms with Gasteiger partial charge in [-0.1, -0.05) is 32.9 Å². The van der Waals surface area contributed by atoms with E-state index in [1.165, 1.54) is 12.5 Å². The molecule has 0 fully saturated rings. The number of hydrogen-bond acceptors (Lipinski definition) is 5. The number of carbonyl (C=O) groups excluding carboxylic acids is 3. The van der Waals surface area contributed by atoms with E-state index < -0.39 is 18.0 Å². The molecule has 0 bridgehead atoms. The van der Waals surface area contributed by atoms with Crippen molar-refractivity contribution < 1.29 is 23.9 Å². The number of ether oxygens (including phenoxy) is 2. The van der Waals surface area contributed by atoms with Crippen LogP contribution in [0.4, 0.5) is 5.69 Å². The van der Waals surface area contributed by atoms with E-state index in [-0.39, 0.29) is 12.4 Å². The molecule has 2 aromatic carbocycles. The Balaban J connectivity index is 1.80. The summed E-state index contributed by atoms with van der Waals surface area (Å²) < 4.78 is 10.5. The maximum atomic E-state index is 12.2. The molecule has 6 heteroatoms. The fourth-order valence-corrected chi connectivity index (χ4v) is 2.56. The fraction of sp³-hybridized carbons (Fsp3) is 0.348. The molecule has 1 atom stereocenters. The number of esters is 1. The second-order valence-electron chi connectivity index (χ2n) is 6.99. The van der Waals surface area contributed by atoms with Gasteiger partial charge in [0.15, 0.2) is 18.5 Å². The van der Waals surface area contributed by atoms with Crippen LogP contribution in [0.2, 0.25) is 0 Å². The molecule has 0 aromatic heterocycles. The van der Waals surface area contributed by atoms with E-state index in [9.17, 15) is 14.4 Å². The van der Waals surface area contributed by atoms with Gasteiger partial charge in [-0.25, -0.2) is 4.79 Å². The van der Waals surface area contributed by atoms with Gasteiger partial charge in [0.1, 0.15) is 5.75 Å². The number of anilines is 1. The van der Waals surface area contributed by atoms with Crippen LogP contribution in [-0.2, 0) is 14.3 Å². The minimum absolute atomic E-state index is 0.0367. The summed E-state index contributed by atoms with van der Waals surface area (Å²) in [6, 6.07) is 14.1. The predicted octanol–water partition coefficient (Wildman–Crippen LogP) is 4.35. The molecule has 0 saturated heterocycles. The molecule has 1 amide bonds. The molecular formula is C23H27NO5. The molecule has 0 saturated carbocycles. The highest BCUT2D eigenvalue weighted by Gasteiger charge is 2.18. The second kappa shape index (κ2) is 10.4. The molecule has 6 nitrogen and oxygen atoms in total. The van der Waals surface area contributed by atoms with Crippen LogP contribution < -0.4 is 10.1 Å². The lowest BCUT2D eigenvalue weighted by molar-refractivity contribution is -0.155. The summed E-state index contributed by atoms with van der Waals surface area (Å²) in [6.45, 7) is 7.15. The second-order valence-corrected chi connectivity index (χ2v) is 6.99. The Bertz CT molecular complexity index is 841. The van der Waals surface area contributed by atoms with Crippen LogP contribution in [0.5, 0.6) is 5.75 Å². The van der Waals surface area contributed by atoms with Gasteiger partial charge in [0.2, 0.25) is 0 Å². The number of nitrogens with one attached hydrogen (secondary N) is 1. The van der Waals surface area contributed by atoms with Crippen molar-refractivity contribution in [3.63, 3.8) is 0 Å². The molecule has 1 N–H and O–H groups in total.